The number of para-hydroxylation sites is 1. The fraction of sp³-hybridized carbons (Fsp3) is 0.562. The van der Waals surface area contributed by atoms with Gasteiger partial charge in [0, 0.05) is 0 Å². The van der Waals surface area contributed by atoms with E-state index in [-0.39, 0.29) is 12.1 Å². The zero-order valence-corrected chi connectivity index (χ0v) is 11.6. The van der Waals surface area contributed by atoms with Gasteiger partial charge in [-0.1, -0.05) is 37.5 Å². The maximum absolute atomic E-state index is 12.3. The van der Waals surface area contributed by atoms with E-state index in [1.807, 2.05) is 18.2 Å². The smallest absolute Gasteiger partial charge is 0.334 e. The second-order valence-corrected chi connectivity index (χ2v) is 5.87. The minimum Gasteiger partial charge on any atom is -0.489 e. The van der Waals surface area contributed by atoms with Gasteiger partial charge in [-0.25, -0.2) is 4.79 Å². The fourth-order valence-electron chi connectivity index (χ4n) is 3.67. The van der Waals surface area contributed by atoms with Gasteiger partial charge in [-0.05, 0) is 37.3 Å². The van der Waals surface area contributed by atoms with Gasteiger partial charge in [0.2, 0.25) is 0 Å². The Morgan fingerprint density at radius 3 is 2.75 bits per heavy atom. The summed E-state index contributed by atoms with van der Waals surface area (Å²) in [6, 6.07) is 8.05. The molecule has 1 unspecified atom stereocenters. The zero-order chi connectivity index (χ0) is 14.0. The van der Waals surface area contributed by atoms with Gasteiger partial charge in [0.1, 0.15) is 17.3 Å². The van der Waals surface area contributed by atoms with Gasteiger partial charge in [0.05, 0.1) is 0 Å². The first-order valence-corrected chi connectivity index (χ1v) is 7.42. The lowest BCUT2D eigenvalue weighted by Gasteiger charge is -2.42. The molecule has 20 heavy (non-hydrogen) atoms. The minimum atomic E-state index is -0.555. The van der Waals surface area contributed by atoms with Gasteiger partial charge >= 0.3 is 5.97 Å². The number of aryl methyl sites for hydroxylation is 1. The van der Waals surface area contributed by atoms with Gasteiger partial charge in [-0.15, -0.1) is 0 Å². The van der Waals surface area contributed by atoms with Crippen LogP contribution in [0.25, 0.3) is 0 Å². The fourth-order valence-corrected chi connectivity index (χ4v) is 3.67. The lowest BCUT2D eigenvalue weighted by Crippen LogP contribution is -2.49. The molecule has 2 N–H and O–H groups in total. The van der Waals surface area contributed by atoms with Crippen molar-refractivity contribution in [1.82, 2.24) is 0 Å². The van der Waals surface area contributed by atoms with E-state index in [1.165, 1.54) is 12.0 Å². The van der Waals surface area contributed by atoms with Crippen LogP contribution in [0.2, 0.25) is 0 Å². The van der Waals surface area contributed by atoms with E-state index in [9.17, 15) is 4.79 Å². The number of carbonyl (C=O) groups is 1. The second kappa shape index (κ2) is 5.44. The topological polar surface area (TPSA) is 61.5 Å². The summed E-state index contributed by atoms with van der Waals surface area (Å²) < 4.78 is 6.14. The molecule has 1 atom stereocenters. The van der Waals surface area contributed by atoms with Crippen molar-refractivity contribution in [3.63, 3.8) is 0 Å². The summed E-state index contributed by atoms with van der Waals surface area (Å²) in [5.74, 6) is 5.78. The van der Waals surface area contributed by atoms with Crippen LogP contribution in [0.1, 0.15) is 44.1 Å². The summed E-state index contributed by atoms with van der Waals surface area (Å²) in [5, 5.41) is 0. The molecule has 0 bridgehead atoms. The average Bonchev–Trinajstić information content (AvgIpc) is 2.54. The van der Waals surface area contributed by atoms with Crippen LogP contribution >= 0.6 is 0 Å². The Hall–Kier alpha value is -1.55. The van der Waals surface area contributed by atoms with Crippen molar-refractivity contribution in [1.29, 1.82) is 0 Å². The molecule has 0 saturated heterocycles. The Morgan fingerprint density at radius 1 is 1.25 bits per heavy atom. The Balaban J connectivity index is 1.88. The summed E-state index contributed by atoms with van der Waals surface area (Å²) in [7, 11) is 0. The van der Waals surface area contributed by atoms with Crippen molar-refractivity contribution < 1.29 is 14.4 Å². The molecule has 1 fully saturated rings. The van der Waals surface area contributed by atoms with Crippen LogP contribution in [-0.2, 0) is 16.1 Å². The molecular formula is C16H21NO3. The third-order valence-corrected chi connectivity index (χ3v) is 4.79. The lowest BCUT2D eigenvalue weighted by atomic mass is 9.68. The lowest BCUT2D eigenvalue weighted by molar-refractivity contribution is -0.167. The highest BCUT2D eigenvalue weighted by Crippen LogP contribution is 2.45. The Kier molecular flexibility index (Phi) is 3.66. The molecule has 1 aromatic rings. The number of rotatable bonds is 2. The highest BCUT2D eigenvalue weighted by molar-refractivity contribution is 5.77. The predicted octanol–water partition coefficient (Wildman–Crippen LogP) is 2.75. The first-order valence-electron chi connectivity index (χ1n) is 7.42. The van der Waals surface area contributed by atoms with Gasteiger partial charge in [-0.2, -0.15) is 5.90 Å². The van der Waals surface area contributed by atoms with Crippen molar-refractivity contribution in [3.05, 3.63) is 29.8 Å². The van der Waals surface area contributed by atoms with Crippen LogP contribution in [0, 0.1) is 5.41 Å². The molecule has 4 heteroatoms. The van der Waals surface area contributed by atoms with E-state index in [4.69, 9.17) is 10.6 Å². The first kappa shape index (κ1) is 13.4. The van der Waals surface area contributed by atoms with E-state index in [0.29, 0.717) is 0 Å². The van der Waals surface area contributed by atoms with E-state index < -0.39 is 5.41 Å². The highest BCUT2D eigenvalue weighted by Gasteiger charge is 2.50. The van der Waals surface area contributed by atoms with Crippen LogP contribution in [0.5, 0.6) is 5.75 Å². The van der Waals surface area contributed by atoms with Crippen LogP contribution < -0.4 is 10.6 Å². The summed E-state index contributed by atoms with van der Waals surface area (Å²) in [5.41, 5.74) is 0.663. The van der Waals surface area contributed by atoms with Gasteiger partial charge in [0.25, 0.3) is 0 Å². The monoisotopic (exact) mass is 275 g/mol. The largest absolute Gasteiger partial charge is 0.489 e. The van der Waals surface area contributed by atoms with Crippen molar-refractivity contribution >= 4 is 5.97 Å². The summed E-state index contributed by atoms with van der Waals surface area (Å²) >= 11 is 0. The van der Waals surface area contributed by atoms with Gasteiger partial charge < -0.3 is 9.57 Å². The molecule has 3 rings (SSSR count). The van der Waals surface area contributed by atoms with Gasteiger partial charge in [-0.3, -0.25) is 0 Å². The summed E-state index contributed by atoms with van der Waals surface area (Å²) in [6.07, 6.45) is 6.56. The van der Waals surface area contributed by atoms with E-state index >= 15 is 0 Å². The van der Waals surface area contributed by atoms with Gasteiger partial charge in [0.15, 0.2) is 0 Å². The van der Waals surface area contributed by atoms with E-state index in [0.717, 1.165) is 44.3 Å². The van der Waals surface area contributed by atoms with Crippen LogP contribution in [-0.4, -0.2) is 12.1 Å². The Labute approximate surface area is 119 Å². The molecule has 108 valence electrons. The molecule has 1 heterocycles. The SMILES string of the molecule is NOC(=O)C1(C2CCc3ccccc3O2)CCCCC1. The maximum atomic E-state index is 12.3. The summed E-state index contributed by atoms with van der Waals surface area (Å²) in [4.78, 5) is 16.9. The molecule has 0 aromatic heterocycles. The van der Waals surface area contributed by atoms with Crippen molar-refractivity contribution in [3.8, 4) is 5.75 Å². The zero-order valence-electron chi connectivity index (χ0n) is 11.6. The molecule has 0 radical (unpaired) electrons. The first-order chi connectivity index (χ1) is 9.76. The molecule has 1 saturated carbocycles. The Morgan fingerprint density at radius 2 is 2.00 bits per heavy atom. The maximum Gasteiger partial charge on any atom is 0.334 e. The molecule has 4 nitrogen and oxygen atoms in total. The second-order valence-electron chi connectivity index (χ2n) is 5.87. The van der Waals surface area contributed by atoms with E-state index in [1.54, 1.807) is 0 Å². The molecule has 1 aliphatic carbocycles. The normalized spacial score (nSPS) is 24.4. The van der Waals surface area contributed by atoms with Crippen molar-refractivity contribution in [2.75, 3.05) is 0 Å². The number of ether oxygens (including phenoxy) is 1. The summed E-state index contributed by atoms with van der Waals surface area (Å²) in [6.45, 7) is 0. The standard InChI is InChI=1S/C16H21NO3/c17-20-15(18)16(10-4-1-5-11-16)14-9-8-12-6-2-3-7-13(12)19-14/h2-3,6-7,14H,1,4-5,8-11,17H2. The molecule has 0 spiro atoms. The van der Waals surface area contributed by atoms with Crippen LogP contribution in [0.3, 0.4) is 0 Å². The predicted molar refractivity (Wildman–Crippen MR) is 75.0 cm³/mol. The quantitative estimate of drug-likeness (QED) is 0.843. The molecule has 0 amide bonds. The highest BCUT2D eigenvalue weighted by atomic mass is 16.7. The third kappa shape index (κ3) is 2.18. The molecule has 2 aliphatic rings. The molecule has 1 aliphatic heterocycles. The third-order valence-electron chi connectivity index (χ3n) is 4.79. The van der Waals surface area contributed by atoms with Crippen LogP contribution in [0.4, 0.5) is 0 Å². The van der Waals surface area contributed by atoms with E-state index in [2.05, 4.69) is 10.9 Å². The number of nitrogens with two attached hydrogens (primary N) is 1. The van der Waals surface area contributed by atoms with Crippen molar-refractivity contribution in [2.45, 2.75) is 51.0 Å². The van der Waals surface area contributed by atoms with Crippen molar-refractivity contribution in [2.24, 2.45) is 11.3 Å². The minimum absolute atomic E-state index is 0.117. The number of fused-ring (bicyclic) bond motifs is 1. The number of carbonyl (C=O) groups excluding carboxylic acids is 1. The number of benzene rings is 1. The number of hydrogen-bond acceptors (Lipinski definition) is 4. The van der Waals surface area contributed by atoms with Crippen LogP contribution in [0.15, 0.2) is 24.3 Å². The Bertz CT molecular complexity index is 494. The molecular weight excluding hydrogens is 254 g/mol. The number of hydrogen-bond donors (Lipinski definition) is 1. The molecule has 1 aromatic carbocycles. The average molecular weight is 275 g/mol.